The molecular weight excluding hydrogens is 208 g/mol. The van der Waals surface area contributed by atoms with Gasteiger partial charge in [0, 0.05) is 12.7 Å². The number of rotatable bonds is 1. The lowest BCUT2D eigenvalue weighted by Gasteiger charge is -2.27. The zero-order valence-corrected chi connectivity index (χ0v) is 9.98. The van der Waals surface area contributed by atoms with E-state index in [-0.39, 0.29) is 6.04 Å². The summed E-state index contributed by atoms with van der Waals surface area (Å²) >= 11 is 0. The minimum absolute atomic E-state index is 0.250. The molecule has 1 unspecified atom stereocenters. The molecule has 86 valence electrons. The molecule has 1 aliphatic heterocycles. The fourth-order valence-corrected chi connectivity index (χ4v) is 2.48. The van der Waals surface area contributed by atoms with Crippen LogP contribution in [0.3, 0.4) is 0 Å². The van der Waals surface area contributed by atoms with E-state index in [0.29, 0.717) is 0 Å². The van der Waals surface area contributed by atoms with Gasteiger partial charge in [0.25, 0.3) is 0 Å². The van der Waals surface area contributed by atoms with Gasteiger partial charge >= 0.3 is 0 Å². The Morgan fingerprint density at radius 2 is 2.18 bits per heavy atom. The Bertz CT molecular complexity index is 520. The first-order chi connectivity index (χ1) is 8.34. The molecule has 0 saturated heterocycles. The second-order valence-corrected chi connectivity index (χ2v) is 4.59. The van der Waals surface area contributed by atoms with Crippen LogP contribution in [-0.2, 0) is 6.42 Å². The highest BCUT2D eigenvalue weighted by Crippen LogP contribution is 2.28. The number of hydrogen-bond acceptors (Lipinski definition) is 2. The van der Waals surface area contributed by atoms with Gasteiger partial charge in [0.2, 0.25) is 0 Å². The van der Waals surface area contributed by atoms with Crippen molar-refractivity contribution in [2.45, 2.75) is 19.4 Å². The van der Waals surface area contributed by atoms with Gasteiger partial charge in [0.15, 0.2) is 0 Å². The Balaban J connectivity index is 2.08. The average molecular weight is 224 g/mol. The van der Waals surface area contributed by atoms with Gasteiger partial charge in [-0.1, -0.05) is 29.8 Å². The lowest BCUT2D eigenvalue weighted by molar-refractivity contribution is 0.556. The van der Waals surface area contributed by atoms with E-state index in [1.54, 1.807) is 0 Å². The largest absolute Gasteiger partial charge is 0.305 e. The van der Waals surface area contributed by atoms with Gasteiger partial charge in [-0.15, -0.1) is 0 Å². The van der Waals surface area contributed by atoms with Crippen molar-refractivity contribution in [2.75, 3.05) is 6.54 Å². The van der Waals surface area contributed by atoms with E-state index >= 15 is 0 Å². The zero-order chi connectivity index (χ0) is 11.7. The van der Waals surface area contributed by atoms with E-state index < -0.39 is 0 Å². The van der Waals surface area contributed by atoms with Gasteiger partial charge in [-0.25, -0.2) is 0 Å². The number of nitrogens with zero attached hydrogens (tertiary/aromatic N) is 1. The van der Waals surface area contributed by atoms with Gasteiger partial charge in [-0.3, -0.25) is 4.98 Å². The Morgan fingerprint density at radius 1 is 1.24 bits per heavy atom. The summed E-state index contributed by atoms with van der Waals surface area (Å²) in [7, 11) is 0. The van der Waals surface area contributed by atoms with Gasteiger partial charge in [0.1, 0.15) is 0 Å². The van der Waals surface area contributed by atoms with Crippen LogP contribution in [0.5, 0.6) is 0 Å². The number of fused-ring (bicyclic) bond motifs is 1. The lowest BCUT2D eigenvalue weighted by atomic mass is 9.91. The van der Waals surface area contributed by atoms with Gasteiger partial charge < -0.3 is 5.32 Å². The van der Waals surface area contributed by atoms with Crippen molar-refractivity contribution in [2.24, 2.45) is 0 Å². The Hall–Kier alpha value is -1.67. The Labute approximate surface area is 102 Å². The molecule has 0 aliphatic carbocycles. The molecule has 0 fully saturated rings. The quantitative estimate of drug-likeness (QED) is 0.805. The number of aromatic nitrogens is 1. The highest BCUT2D eigenvalue weighted by molar-refractivity contribution is 5.39. The average Bonchev–Trinajstić information content (AvgIpc) is 2.39. The topological polar surface area (TPSA) is 24.9 Å². The molecule has 1 aromatic carbocycles. The second kappa shape index (κ2) is 4.30. The van der Waals surface area contributed by atoms with Crippen molar-refractivity contribution in [3.8, 4) is 0 Å². The fourth-order valence-electron chi connectivity index (χ4n) is 2.48. The molecule has 1 aromatic heterocycles. The summed E-state index contributed by atoms with van der Waals surface area (Å²) in [6.45, 7) is 3.17. The molecule has 0 saturated carbocycles. The predicted molar refractivity (Wildman–Crippen MR) is 69.0 cm³/mol. The fraction of sp³-hybridized carbons (Fsp3) is 0.267. The molecule has 2 heterocycles. The van der Waals surface area contributed by atoms with Crippen LogP contribution in [0.1, 0.15) is 28.4 Å². The van der Waals surface area contributed by atoms with Crippen molar-refractivity contribution in [1.29, 1.82) is 0 Å². The molecule has 2 nitrogen and oxygen atoms in total. The summed E-state index contributed by atoms with van der Waals surface area (Å²) in [4.78, 5) is 4.47. The highest BCUT2D eigenvalue weighted by Gasteiger charge is 2.21. The van der Waals surface area contributed by atoms with Crippen LogP contribution in [0.4, 0.5) is 0 Å². The number of hydrogen-bond donors (Lipinski definition) is 1. The SMILES string of the molecule is Cc1ccc2c(c1)C(c1ccccn1)NCC2. The predicted octanol–water partition coefficient (Wildman–Crippen LogP) is 2.63. The molecule has 0 radical (unpaired) electrons. The minimum Gasteiger partial charge on any atom is -0.305 e. The molecule has 2 heteroatoms. The van der Waals surface area contributed by atoms with Crippen LogP contribution in [0.15, 0.2) is 42.6 Å². The third kappa shape index (κ3) is 1.96. The molecule has 3 rings (SSSR count). The van der Waals surface area contributed by atoms with Crippen LogP contribution >= 0.6 is 0 Å². The van der Waals surface area contributed by atoms with E-state index in [4.69, 9.17) is 0 Å². The van der Waals surface area contributed by atoms with Crippen LogP contribution in [0.25, 0.3) is 0 Å². The van der Waals surface area contributed by atoms with Crippen molar-refractivity contribution in [3.05, 3.63) is 65.0 Å². The third-order valence-electron chi connectivity index (χ3n) is 3.34. The maximum Gasteiger partial charge on any atom is 0.0754 e. The number of aryl methyl sites for hydroxylation is 1. The van der Waals surface area contributed by atoms with Crippen molar-refractivity contribution in [1.82, 2.24) is 10.3 Å². The number of pyridine rings is 1. The van der Waals surface area contributed by atoms with Crippen molar-refractivity contribution in [3.63, 3.8) is 0 Å². The molecule has 0 amide bonds. The summed E-state index contributed by atoms with van der Waals surface area (Å²) in [5.41, 5.74) is 5.26. The standard InChI is InChI=1S/C15H16N2/c1-11-5-6-12-7-9-17-15(13(12)10-11)14-4-2-3-8-16-14/h2-6,8,10,15,17H,7,9H2,1H3. The van der Waals surface area contributed by atoms with Crippen LogP contribution in [-0.4, -0.2) is 11.5 Å². The van der Waals surface area contributed by atoms with Gasteiger partial charge in [-0.2, -0.15) is 0 Å². The van der Waals surface area contributed by atoms with E-state index in [0.717, 1.165) is 18.7 Å². The molecule has 17 heavy (non-hydrogen) atoms. The smallest absolute Gasteiger partial charge is 0.0754 e. The monoisotopic (exact) mass is 224 g/mol. The molecule has 1 atom stereocenters. The third-order valence-corrected chi connectivity index (χ3v) is 3.34. The van der Waals surface area contributed by atoms with Crippen LogP contribution < -0.4 is 5.32 Å². The number of nitrogens with one attached hydrogen (secondary N) is 1. The van der Waals surface area contributed by atoms with Crippen molar-refractivity contribution >= 4 is 0 Å². The maximum absolute atomic E-state index is 4.47. The molecule has 0 bridgehead atoms. The number of benzene rings is 1. The van der Waals surface area contributed by atoms with E-state index in [9.17, 15) is 0 Å². The van der Waals surface area contributed by atoms with Gasteiger partial charge in [-0.05, 0) is 36.6 Å². The first-order valence-electron chi connectivity index (χ1n) is 6.08. The normalized spacial score (nSPS) is 18.8. The molecular formula is C15H16N2. The Kier molecular flexibility index (Phi) is 2.65. The molecule has 0 spiro atoms. The summed E-state index contributed by atoms with van der Waals surface area (Å²) in [6.07, 6.45) is 2.97. The second-order valence-electron chi connectivity index (χ2n) is 4.59. The summed E-state index contributed by atoms with van der Waals surface area (Å²) in [5.74, 6) is 0. The maximum atomic E-state index is 4.47. The molecule has 1 N–H and O–H groups in total. The van der Waals surface area contributed by atoms with Gasteiger partial charge in [0.05, 0.1) is 11.7 Å². The minimum atomic E-state index is 0.250. The first-order valence-corrected chi connectivity index (χ1v) is 6.08. The van der Waals surface area contributed by atoms with E-state index in [1.165, 1.54) is 16.7 Å². The van der Waals surface area contributed by atoms with Crippen LogP contribution in [0.2, 0.25) is 0 Å². The summed E-state index contributed by atoms with van der Waals surface area (Å²) < 4.78 is 0. The van der Waals surface area contributed by atoms with E-state index in [2.05, 4.69) is 41.5 Å². The Morgan fingerprint density at radius 3 is 3.00 bits per heavy atom. The summed E-state index contributed by atoms with van der Waals surface area (Å²) in [5, 5.41) is 3.56. The molecule has 2 aromatic rings. The highest BCUT2D eigenvalue weighted by atomic mass is 14.9. The summed E-state index contributed by atoms with van der Waals surface area (Å²) in [6, 6.07) is 13.1. The van der Waals surface area contributed by atoms with E-state index in [1.807, 2.05) is 18.3 Å². The zero-order valence-electron chi connectivity index (χ0n) is 9.98. The van der Waals surface area contributed by atoms with Crippen molar-refractivity contribution < 1.29 is 0 Å². The van der Waals surface area contributed by atoms with Crippen LogP contribution in [0, 0.1) is 6.92 Å². The first kappa shape index (κ1) is 10.5. The molecule has 1 aliphatic rings. The lowest BCUT2D eigenvalue weighted by Crippen LogP contribution is -2.31.